The van der Waals surface area contributed by atoms with E-state index in [9.17, 15) is 4.39 Å². The van der Waals surface area contributed by atoms with Crippen LogP contribution in [0.3, 0.4) is 0 Å². The summed E-state index contributed by atoms with van der Waals surface area (Å²) < 4.78 is 20.2. The van der Waals surface area contributed by atoms with Gasteiger partial charge in [0, 0.05) is 18.5 Å². The highest BCUT2D eigenvalue weighted by atomic mass is 32.2. The lowest BCUT2D eigenvalue weighted by atomic mass is 10.2. The molecule has 23 heavy (non-hydrogen) atoms. The van der Waals surface area contributed by atoms with Crippen LogP contribution in [0.2, 0.25) is 0 Å². The summed E-state index contributed by atoms with van der Waals surface area (Å²) in [5.74, 6) is 2.83. The lowest BCUT2D eigenvalue weighted by molar-refractivity contribution is 0.425. The second kappa shape index (κ2) is 5.77. The van der Waals surface area contributed by atoms with Crippen LogP contribution >= 0.6 is 11.8 Å². The minimum Gasteiger partial charge on any atom is -0.334 e. The molecular weight excluding hydrogens is 317 g/mol. The molecule has 118 valence electrons. The number of hydrogen-bond donors (Lipinski definition) is 0. The summed E-state index contributed by atoms with van der Waals surface area (Å²) in [4.78, 5) is 4.33. The van der Waals surface area contributed by atoms with Crippen LogP contribution in [0.15, 0.2) is 33.9 Å². The van der Waals surface area contributed by atoms with Gasteiger partial charge in [-0.15, -0.1) is 10.2 Å². The highest BCUT2D eigenvalue weighted by Crippen LogP contribution is 2.39. The van der Waals surface area contributed by atoms with Crippen LogP contribution in [0.5, 0.6) is 0 Å². The Morgan fingerprint density at radius 3 is 2.78 bits per heavy atom. The molecule has 0 N–H and O–H groups in total. The van der Waals surface area contributed by atoms with Gasteiger partial charge in [0.2, 0.25) is 0 Å². The summed E-state index contributed by atoms with van der Waals surface area (Å²) in [6.45, 7) is 0. The number of aromatic nitrogens is 5. The van der Waals surface area contributed by atoms with E-state index >= 15 is 0 Å². The number of halogens is 1. The first-order chi connectivity index (χ1) is 11.2. The zero-order valence-corrected chi connectivity index (χ0v) is 13.3. The molecule has 0 saturated heterocycles. The Morgan fingerprint density at radius 2 is 2.04 bits per heavy atom. The van der Waals surface area contributed by atoms with E-state index in [0.29, 0.717) is 28.9 Å². The molecule has 0 spiro atoms. The fraction of sp³-hybridized carbons (Fsp3) is 0.333. The molecule has 2 aromatic heterocycles. The van der Waals surface area contributed by atoms with Crippen LogP contribution in [0, 0.1) is 5.82 Å². The number of benzene rings is 1. The van der Waals surface area contributed by atoms with Crippen molar-refractivity contribution in [2.75, 3.05) is 0 Å². The van der Waals surface area contributed by atoms with E-state index in [2.05, 4.69) is 20.3 Å². The van der Waals surface area contributed by atoms with E-state index in [1.165, 1.54) is 36.7 Å². The number of hydrogen-bond acceptors (Lipinski definition) is 6. The molecule has 0 amide bonds. The number of thioether (sulfide) groups is 1. The molecule has 0 radical (unpaired) electrons. The minimum absolute atomic E-state index is 0.294. The summed E-state index contributed by atoms with van der Waals surface area (Å²) >= 11 is 1.52. The van der Waals surface area contributed by atoms with Crippen molar-refractivity contribution in [3.63, 3.8) is 0 Å². The molecule has 2 heterocycles. The van der Waals surface area contributed by atoms with Crippen molar-refractivity contribution < 1.29 is 8.91 Å². The van der Waals surface area contributed by atoms with Crippen LogP contribution in [0.4, 0.5) is 4.39 Å². The maximum atomic E-state index is 12.9. The molecule has 8 heteroatoms. The van der Waals surface area contributed by atoms with Crippen molar-refractivity contribution in [3.05, 3.63) is 41.7 Å². The largest absolute Gasteiger partial charge is 0.334 e. The molecule has 0 bridgehead atoms. The first kappa shape index (κ1) is 14.4. The van der Waals surface area contributed by atoms with Gasteiger partial charge in [-0.25, -0.2) is 4.39 Å². The lowest BCUT2D eigenvalue weighted by Crippen LogP contribution is -1.97. The van der Waals surface area contributed by atoms with Crippen molar-refractivity contribution in [1.82, 2.24) is 24.9 Å². The van der Waals surface area contributed by atoms with E-state index in [-0.39, 0.29) is 5.82 Å². The maximum absolute atomic E-state index is 12.9. The quantitative estimate of drug-likeness (QED) is 0.669. The summed E-state index contributed by atoms with van der Waals surface area (Å²) in [7, 11) is 1.98. The molecule has 6 nitrogen and oxygen atoms in total. The normalized spacial score (nSPS) is 14.3. The Labute approximate surface area is 136 Å². The fourth-order valence-corrected chi connectivity index (χ4v) is 3.06. The molecule has 1 fully saturated rings. The first-order valence-corrected chi connectivity index (χ1v) is 8.30. The van der Waals surface area contributed by atoms with Gasteiger partial charge >= 0.3 is 0 Å². The SMILES string of the molecule is Cn1c(SCc2noc(-c3ccc(F)cc3)n2)nnc1C1CC1. The third-order valence-corrected chi connectivity index (χ3v) is 4.72. The van der Waals surface area contributed by atoms with Gasteiger partial charge in [-0.1, -0.05) is 16.9 Å². The molecule has 0 aliphatic heterocycles. The van der Waals surface area contributed by atoms with Gasteiger partial charge < -0.3 is 9.09 Å². The van der Waals surface area contributed by atoms with E-state index in [1.54, 1.807) is 12.1 Å². The summed E-state index contributed by atoms with van der Waals surface area (Å²) in [5, 5.41) is 13.3. The van der Waals surface area contributed by atoms with Crippen LogP contribution in [0.1, 0.15) is 30.4 Å². The topological polar surface area (TPSA) is 69.6 Å². The highest BCUT2D eigenvalue weighted by Gasteiger charge is 2.29. The Hall–Kier alpha value is -2.22. The zero-order chi connectivity index (χ0) is 15.8. The van der Waals surface area contributed by atoms with Crippen molar-refractivity contribution >= 4 is 11.8 Å². The third kappa shape index (κ3) is 2.98. The zero-order valence-electron chi connectivity index (χ0n) is 12.4. The average molecular weight is 331 g/mol. The van der Waals surface area contributed by atoms with E-state index < -0.39 is 0 Å². The predicted molar refractivity (Wildman–Crippen MR) is 82.2 cm³/mol. The minimum atomic E-state index is -0.294. The Balaban J connectivity index is 1.44. The van der Waals surface area contributed by atoms with Crippen LogP contribution in [-0.2, 0) is 12.8 Å². The number of rotatable bonds is 5. The Kier molecular flexibility index (Phi) is 3.60. The highest BCUT2D eigenvalue weighted by molar-refractivity contribution is 7.98. The molecular formula is C15H14FN5OS. The van der Waals surface area contributed by atoms with Crippen molar-refractivity contribution in [2.24, 2.45) is 7.05 Å². The molecule has 1 aliphatic rings. The summed E-state index contributed by atoms with van der Waals surface area (Å²) in [6, 6.07) is 5.97. The molecule has 0 atom stereocenters. The van der Waals surface area contributed by atoms with Gasteiger partial charge in [0.15, 0.2) is 11.0 Å². The molecule has 1 aromatic carbocycles. The Morgan fingerprint density at radius 1 is 1.26 bits per heavy atom. The van der Waals surface area contributed by atoms with Gasteiger partial charge in [0.1, 0.15) is 11.6 Å². The van der Waals surface area contributed by atoms with E-state index in [1.807, 2.05) is 11.6 Å². The van der Waals surface area contributed by atoms with E-state index in [4.69, 9.17) is 4.52 Å². The lowest BCUT2D eigenvalue weighted by Gasteiger charge is -2.00. The fourth-order valence-electron chi connectivity index (χ4n) is 2.30. The van der Waals surface area contributed by atoms with Gasteiger partial charge in [0.25, 0.3) is 5.89 Å². The van der Waals surface area contributed by atoms with Gasteiger partial charge in [-0.05, 0) is 37.1 Å². The average Bonchev–Trinajstić information content (AvgIpc) is 3.17. The third-order valence-electron chi connectivity index (χ3n) is 3.70. The summed E-state index contributed by atoms with van der Waals surface area (Å²) in [6.07, 6.45) is 2.39. The second-order valence-electron chi connectivity index (χ2n) is 5.49. The van der Waals surface area contributed by atoms with Gasteiger partial charge in [-0.2, -0.15) is 4.98 Å². The van der Waals surface area contributed by atoms with Crippen molar-refractivity contribution in [1.29, 1.82) is 0 Å². The molecule has 0 unspecified atom stereocenters. The monoisotopic (exact) mass is 331 g/mol. The molecule has 1 saturated carbocycles. The smallest absolute Gasteiger partial charge is 0.257 e. The van der Waals surface area contributed by atoms with E-state index in [0.717, 1.165) is 11.0 Å². The number of nitrogens with zero attached hydrogens (tertiary/aromatic N) is 5. The summed E-state index contributed by atoms with van der Waals surface area (Å²) in [5.41, 5.74) is 0.699. The molecule has 1 aliphatic carbocycles. The van der Waals surface area contributed by atoms with Crippen molar-refractivity contribution in [2.45, 2.75) is 29.7 Å². The maximum Gasteiger partial charge on any atom is 0.257 e. The Bertz CT molecular complexity index is 825. The second-order valence-corrected chi connectivity index (χ2v) is 6.43. The van der Waals surface area contributed by atoms with Crippen LogP contribution in [-0.4, -0.2) is 24.9 Å². The predicted octanol–water partition coefficient (Wildman–Crippen LogP) is 3.17. The van der Waals surface area contributed by atoms with Gasteiger partial charge in [0.05, 0.1) is 5.75 Å². The standard InChI is InChI=1S/C15H14FN5OS/c1-21-13(9-2-3-9)18-19-15(21)23-8-12-17-14(22-20-12)10-4-6-11(16)7-5-10/h4-7,9H,2-3,8H2,1H3. The first-order valence-electron chi connectivity index (χ1n) is 7.31. The van der Waals surface area contributed by atoms with Crippen molar-refractivity contribution in [3.8, 4) is 11.5 Å². The van der Waals surface area contributed by atoms with Gasteiger partial charge in [-0.3, -0.25) is 0 Å². The van der Waals surface area contributed by atoms with Crippen LogP contribution in [0.25, 0.3) is 11.5 Å². The van der Waals surface area contributed by atoms with Crippen LogP contribution < -0.4 is 0 Å². The molecule has 3 aromatic rings. The molecule has 4 rings (SSSR count).